The van der Waals surface area contributed by atoms with Crippen LogP contribution in [-0.4, -0.2) is 33.4 Å². The molecule has 0 spiro atoms. The largest absolute Gasteiger partial charge is 0.475 e. The zero-order chi connectivity index (χ0) is 23.0. The Kier molecular flexibility index (Phi) is 5.33. The first-order valence-electron chi connectivity index (χ1n) is 9.50. The van der Waals surface area contributed by atoms with Crippen molar-refractivity contribution in [1.29, 1.82) is 0 Å². The van der Waals surface area contributed by atoms with Gasteiger partial charge in [0.25, 0.3) is 0 Å². The molecule has 0 amide bonds. The zero-order valence-electron chi connectivity index (χ0n) is 16.4. The third kappa shape index (κ3) is 3.88. The van der Waals surface area contributed by atoms with Crippen LogP contribution in [0.15, 0.2) is 67.0 Å². The van der Waals surface area contributed by atoms with E-state index in [9.17, 15) is 24.3 Å². The summed E-state index contributed by atoms with van der Waals surface area (Å²) in [4.78, 5) is 47.2. The average Bonchev–Trinajstić information content (AvgIpc) is 2.73. The van der Waals surface area contributed by atoms with Crippen molar-refractivity contribution < 1.29 is 33.7 Å². The number of carboxylic acid groups (broad SMARTS) is 2. The highest BCUT2D eigenvalue weighted by atomic mass is 16.4. The number of benzene rings is 2. The van der Waals surface area contributed by atoms with E-state index in [4.69, 9.17) is 19.0 Å². The molecule has 0 saturated heterocycles. The summed E-state index contributed by atoms with van der Waals surface area (Å²) in [6, 6.07) is 11.1. The van der Waals surface area contributed by atoms with Crippen molar-refractivity contribution in [2.75, 3.05) is 0 Å². The highest BCUT2D eigenvalue weighted by molar-refractivity contribution is 5.89. The van der Waals surface area contributed by atoms with E-state index in [0.717, 1.165) is 12.1 Å². The smallest absolute Gasteiger partial charge is 0.371 e. The van der Waals surface area contributed by atoms with Gasteiger partial charge in [0.05, 0.1) is 16.9 Å². The van der Waals surface area contributed by atoms with E-state index in [1.165, 1.54) is 12.1 Å². The maximum Gasteiger partial charge on any atom is 0.371 e. The molecule has 0 aliphatic carbocycles. The molecule has 0 atom stereocenters. The molecule has 0 aliphatic heterocycles. The molecule has 9 heteroatoms. The highest BCUT2D eigenvalue weighted by Crippen LogP contribution is 2.22. The van der Waals surface area contributed by atoms with E-state index in [-0.39, 0.29) is 34.8 Å². The van der Waals surface area contributed by atoms with Crippen molar-refractivity contribution in [3.05, 3.63) is 91.6 Å². The van der Waals surface area contributed by atoms with Gasteiger partial charge in [0.2, 0.25) is 11.5 Å². The molecule has 4 rings (SSSR count). The van der Waals surface area contributed by atoms with Crippen LogP contribution in [0.25, 0.3) is 21.9 Å². The van der Waals surface area contributed by atoms with Crippen molar-refractivity contribution in [3.8, 4) is 0 Å². The molecule has 9 nitrogen and oxygen atoms in total. The van der Waals surface area contributed by atoms with Gasteiger partial charge in [0.15, 0.2) is 10.9 Å². The second kappa shape index (κ2) is 8.12. The second-order valence-corrected chi connectivity index (χ2v) is 7.20. The van der Waals surface area contributed by atoms with E-state index in [2.05, 4.69) is 0 Å². The number of hydrogen-bond donors (Lipinski definition) is 3. The first kappa shape index (κ1) is 21.0. The number of carboxylic acids is 2. The summed E-state index contributed by atoms with van der Waals surface area (Å²) in [7, 11) is 0. The normalized spacial score (nSPS) is 11.3. The molecule has 32 heavy (non-hydrogen) atoms. The molecule has 2 heterocycles. The van der Waals surface area contributed by atoms with Crippen molar-refractivity contribution in [2.45, 2.75) is 18.9 Å². The Balaban J connectivity index is 1.68. The van der Waals surface area contributed by atoms with Gasteiger partial charge in [-0.25, -0.2) is 9.59 Å². The van der Waals surface area contributed by atoms with Crippen LogP contribution in [-0.2, 0) is 12.8 Å². The van der Waals surface area contributed by atoms with Gasteiger partial charge in [0.1, 0.15) is 11.2 Å². The van der Waals surface area contributed by atoms with Crippen molar-refractivity contribution >= 4 is 33.9 Å². The first-order valence-corrected chi connectivity index (χ1v) is 9.50. The minimum absolute atomic E-state index is 0.0312. The average molecular weight is 436 g/mol. The number of aliphatic hydroxyl groups is 1. The molecule has 4 aromatic rings. The Labute approximate surface area is 178 Å². The Morgan fingerprint density at radius 2 is 1.16 bits per heavy atom. The molecule has 0 radical (unpaired) electrons. The van der Waals surface area contributed by atoms with Crippen molar-refractivity contribution in [1.82, 2.24) is 0 Å². The van der Waals surface area contributed by atoms with Crippen LogP contribution in [0, 0.1) is 0 Å². The third-order valence-corrected chi connectivity index (χ3v) is 5.01. The Bertz CT molecular complexity index is 1380. The summed E-state index contributed by atoms with van der Waals surface area (Å²) < 4.78 is 10.5. The molecule has 0 bridgehead atoms. The fourth-order valence-corrected chi connectivity index (χ4v) is 3.69. The first-order chi connectivity index (χ1) is 15.2. The quantitative estimate of drug-likeness (QED) is 0.413. The zero-order valence-corrected chi connectivity index (χ0v) is 16.4. The molecule has 3 N–H and O–H groups in total. The number of carbonyl (C=O) groups is 2. The van der Waals surface area contributed by atoms with E-state index >= 15 is 0 Å². The van der Waals surface area contributed by atoms with Crippen LogP contribution >= 0.6 is 0 Å². The topological polar surface area (TPSA) is 155 Å². The van der Waals surface area contributed by atoms with Crippen molar-refractivity contribution in [2.24, 2.45) is 0 Å². The van der Waals surface area contributed by atoms with Gasteiger partial charge in [-0.05, 0) is 36.1 Å². The monoisotopic (exact) mass is 436 g/mol. The second-order valence-electron chi connectivity index (χ2n) is 7.20. The summed E-state index contributed by atoms with van der Waals surface area (Å²) in [5, 5.41) is 29.2. The summed E-state index contributed by atoms with van der Waals surface area (Å²) >= 11 is 0. The van der Waals surface area contributed by atoms with Gasteiger partial charge in [-0.15, -0.1) is 0 Å². The maximum absolute atomic E-state index is 12.5. The van der Waals surface area contributed by atoms with E-state index in [1.807, 2.05) is 0 Å². The standard InChI is InChI=1S/C23H16O9/c24-13(7-11-3-1-5-16-20(11)14(25)9-18(31-16)22(27)28)8-12-4-2-6-17-21(12)15(26)10-19(32-17)23(29)30/h1-6,9-10,13,24H,7-8H2,(H,27,28)(H,29,30). The predicted molar refractivity (Wildman–Crippen MR) is 112 cm³/mol. The number of rotatable bonds is 6. The lowest BCUT2D eigenvalue weighted by Crippen LogP contribution is -2.18. The molecule has 0 fully saturated rings. The van der Waals surface area contributed by atoms with Gasteiger partial charge >= 0.3 is 11.9 Å². The number of fused-ring (bicyclic) bond motifs is 2. The van der Waals surface area contributed by atoms with Crippen molar-refractivity contribution in [3.63, 3.8) is 0 Å². The highest BCUT2D eigenvalue weighted by Gasteiger charge is 2.18. The SMILES string of the molecule is O=C(O)c1cc(=O)c2c(CC(O)Cc3cccc4oc(C(=O)O)cc(=O)c34)cccc2o1. The summed E-state index contributed by atoms with van der Waals surface area (Å²) in [5.41, 5.74) is 0.0115. The lowest BCUT2D eigenvalue weighted by Gasteiger charge is -2.13. The Morgan fingerprint density at radius 3 is 1.53 bits per heavy atom. The third-order valence-electron chi connectivity index (χ3n) is 5.01. The summed E-state index contributed by atoms with van der Waals surface area (Å²) in [6.07, 6.45) is -0.948. The van der Waals surface area contributed by atoms with E-state index < -0.39 is 40.4 Å². The van der Waals surface area contributed by atoms with Gasteiger partial charge in [-0.1, -0.05) is 24.3 Å². The molecule has 162 valence electrons. The van der Waals surface area contributed by atoms with Gasteiger partial charge in [-0.2, -0.15) is 0 Å². The van der Waals surface area contributed by atoms with E-state index in [1.54, 1.807) is 24.3 Å². The van der Waals surface area contributed by atoms with E-state index in [0.29, 0.717) is 11.1 Å². The van der Waals surface area contributed by atoms with Crippen LogP contribution in [0.4, 0.5) is 0 Å². The Morgan fingerprint density at radius 1 is 0.750 bits per heavy atom. The van der Waals surface area contributed by atoms with Gasteiger partial charge in [-0.3, -0.25) is 9.59 Å². The minimum Gasteiger partial charge on any atom is -0.475 e. The van der Waals surface area contributed by atoms with Crippen LogP contribution < -0.4 is 10.9 Å². The van der Waals surface area contributed by atoms with Gasteiger partial charge in [0, 0.05) is 12.1 Å². The summed E-state index contributed by atoms with van der Waals surface area (Å²) in [5.74, 6) is -3.70. The lowest BCUT2D eigenvalue weighted by molar-refractivity contribution is 0.0653. The molecule has 2 aromatic heterocycles. The maximum atomic E-state index is 12.5. The molecule has 2 aromatic carbocycles. The van der Waals surface area contributed by atoms with Crippen LogP contribution in [0.3, 0.4) is 0 Å². The van der Waals surface area contributed by atoms with Crippen LogP contribution in [0.5, 0.6) is 0 Å². The van der Waals surface area contributed by atoms with Crippen LogP contribution in [0.1, 0.15) is 32.2 Å². The summed E-state index contributed by atoms with van der Waals surface area (Å²) in [6.45, 7) is 0. The molecular formula is C23H16O9. The fourth-order valence-electron chi connectivity index (χ4n) is 3.69. The molecule has 0 saturated carbocycles. The minimum atomic E-state index is -1.37. The molecule has 0 aliphatic rings. The predicted octanol–water partition coefficient (Wildman–Crippen LogP) is 2.44. The Hall–Kier alpha value is -4.24. The number of aromatic carboxylic acids is 2. The molecule has 0 unspecified atom stereocenters. The van der Waals surface area contributed by atoms with Crippen LogP contribution in [0.2, 0.25) is 0 Å². The lowest BCUT2D eigenvalue weighted by atomic mass is 9.96. The fraction of sp³-hybridized carbons (Fsp3) is 0.130. The number of hydrogen-bond acceptors (Lipinski definition) is 7. The van der Waals surface area contributed by atoms with Gasteiger partial charge < -0.3 is 24.2 Å². The number of aliphatic hydroxyl groups excluding tert-OH is 1. The molecular weight excluding hydrogens is 420 g/mol.